The van der Waals surface area contributed by atoms with Crippen LogP contribution in [0.1, 0.15) is 51.5 Å². The second-order valence-corrected chi connectivity index (χ2v) is 7.50. The van der Waals surface area contributed by atoms with Gasteiger partial charge in [0.2, 0.25) is 10.0 Å². The van der Waals surface area contributed by atoms with Gasteiger partial charge in [-0.1, -0.05) is 50.3 Å². The van der Waals surface area contributed by atoms with Crippen molar-refractivity contribution in [3.63, 3.8) is 0 Å². The fourth-order valence-corrected chi connectivity index (χ4v) is 3.47. The predicted octanol–water partition coefficient (Wildman–Crippen LogP) is 3.18. The Morgan fingerprint density at radius 3 is 2.39 bits per heavy atom. The summed E-state index contributed by atoms with van der Waals surface area (Å²) in [5.41, 5.74) is 1.000. The van der Waals surface area contributed by atoms with Gasteiger partial charge in [-0.05, 0) is 25.5 Å². The zero-order chi connectivity index (χ0) is 17.3. The van der Waals surface area contributed by atoms with Crippen LogP contribution in [0, 0.1) is 6.92 Å². The van der Waals surface area contributed by atoms with Gasteiger partial charge in [0.1, 0.15) is 6.61 Å². The van der Waals surface area contributed by atoms with Crippen LogP contribution in [0.3, 0.4) is 0 Å². The van der Waals surface area contributed by atoms with Crippen LogP contribution in [0.25, 0.3) is 0 Å². The SMILES string of the molecule is CCCCCC[C@H](COC(C)=O)NS(=O)(=O)c1ccc(C)cc1. The van der Waals surface area contributed by atoms with Gasteiger partial charge in [0, 0.05) is 6.92 Å². The Hall–Kier alpha value is -1.40. The van der Waals surface area contributed by atoms with Gasteiger partial charge in [-0.2, -0.15) is 0 Å². The van der Waals surface area contributed by atoms with E-state index in [4.69, 9.17) is 4.74 Å². The summed E-state index contributed by atoms with van der Waals surface area (Å²) >= 11 is 0. The first-order chi connectivity index (χ1) is 10.8. The van der Waals surface area contributed by atoms with E-state index in [9.17, 15) is 13.2 Å². The first-order valence-corrected chi connectivity index (χ1v) is 9.56. The summed E-state index contributed by atoms with van der Waals surface area (Å²) in [4.78, 5) is 11.2. The van der Waals surface area contributed by atoms with Crippen LogP contribution < -0.4 is 4.72 Å². The van der Waals surface area contributed by atoms with Gasteiger partial charge in [-0.3, -0.25) is 4.79 Å². The molecule has 0 spiro atoms. The quantitative estimate of drug-likeness (QED) is 0.524. The minimum Gasteiger partial charge on any atom is -0.464 e. The minimum absolute atomic E-state index is 0.0621. The standard InChI is InChI=1S/C17H27NO4S/c1-4-5-6-7-8-16(13-22-15(3)19)18-23(20,21)17-11-9-14(2)10-12-17/h9-12,16,18H,4-8,13H2,1-3H3/t16-/m1/s1. The molecule has 0 aromatic heterocycles. The van der Waals surface area contributed by atoms with Crippen LogP contribution >= 0.6 is 0 Å². The Balaban J connectivity index is 2.72. The topological polar surface area (TPSA) is 72.5 Å². The van der Waals surface area contributed by atoms with Gasteiger partial charge in [0.15, 0.2) is 0 Å². The zero-order valence-corrected chi connectivity index (χ0v) is 15.0. The number of ether oxygens (including phenoxy) is 1. The van der Waals surface area contributed by atoms with Crippen LogP contribution in [0.5, 0.6) is 0 Å². The Bertz CT molecular complexity index is 581. The van der Waals surface area contributed by atoms with Crippen molar-refractivity contribution in [3.05, 3.63) is 29.8 Å². The van der Waals surface area contributed by atoms with Crippen molar-refractivity contribution in [2.45, 2.75) is 63.8 Å². The number of hydrogen-bond donors (Lipinski definition) is 1. The van der Waals surface area contributed by atoms with E-state index in [0.717, 1.165) is 31.2 Å². The molecule has 1 aromatic rings. The molecule has 0 amide bonds. The highest BCUT2D eigenvalue weighted by Crippen LogP contribution is 2.13. The number of nitrogens with one attached hydrogen (secondary N) is 1. The van der Waals surface area contributed by atoms with Gasteiger partial charge in [0.05, 0.1) is 10.9 Å². The number of aryl methyl sites for hydroxylation is 1. The number of hydrogen-bond acceptors (Lipinski definition) is 4. The number of carbonyl (C=O) groups excluding carboxylic acids is 1. The lowest BCUT2D eigenvalue weighted by Gasteiger charge is -2.18. The lowest BCUT2D eigenvalue weighted by molar-refractivity contribution is -0.141. The zero-order valence-electron chi connectivity index (χ0n) is 14.2. The maximum Gasteiger partial charge on any atom is 0.302 e. The van der Waals surface area contributed by atoms with E-state index in [0.29, 0.717) is 6.42 Å². The summed E-state index contributed by atoms with van der Waals surface area (Å²) in [6.07, 6.45) is 4.82. The Morgan fingerprint density at radius 1 is 1.17 bits per heavy atom. The van der Waals surface area contributed by atoms with Gasteiger partial charge in [-0.15, -0.1) is 0 Å². The molecule has 1 atom stereocenters. The molecule has 0 saturated carbocycles. The highest BCUT2D eigenvalue weighted by atomic mass is 32.2. The monoisotopic (exact) mass is 341 g/mol. The van der Waals surface area contributed by atoms with E-state index in [1.165, 1.54) is 6.92 Å². The third-order valence-electron chi connectivity index (χ3n) is 3.55. The second-order valence-electron chi connectivity index (χ2n) is 5.78. The molecule has 1 N–H and O–H groups in total. The summed E-state index contributed by atoms with van der Waals surface area (Å²) in [5.74, 6) is -0.405. The van der Waals surface area contributed by atoms with Crippen LogP contribution in [0.15, 0.2) is 29.2 Å². The maximum absolute atomic E-state index is 12.4. The van der Waals surface area contributed by atoms with Crippen molar-refractivity contribution in [2.75, 3.05) is 6.61 Å². The number of sulfonamides is 1. The molecule has 0 radical (unpaired) electrons. The number of esters is 1. The van der Waals surface area contributed by atoms with Crippen LogP contribution in [0.2, 0.25) is 0 Å². The van der Waals surface area contributed by atoms with Crippen molar-refractivity contribution in [1.82, 2.24) is 4.72 Å². The molecule has 0 fully saturated rings. The van der Waals surface area contributed by atoms with E-state index >= 15 is 0 Å². The van der Waals surface area contributed by atoms with E-state index in [2.05, 4.69) is 11.6 Å². The maximum atomic E-state index is 12.4. The molecule has 0 unspecified atom stereocenters. The molecule has 0 saturated heterocycles. The van der Waals surface area contributed by atoms with Gasteiger partial charge >= 0.3 is 5.97 Å². The highest BCUT2D eigenvalue weighted by molar-refractivity contribution is 7.89. The van der Waals surface area contributed by atoms with Crippen molar-refractivity contribution in [2.24, 2.45) is 0 Å². The lowest BCUT2D eigenvalue weighted by atomic mass is 10.1. The van der Waals surface area contributed by atoms with Crippen molar-refractivity contribution in [1.29, 1.82) is 0 Å². The number of carbonyl (C=O) groups is 1. The van der Waals surface area contributed by atoms with Crippen LogP contribution in [0.4, 0.5) is 0 Å². The van der Waals surface area contributed by atoms with E-state index in [1.54, 1.807) is 24.3 Å². The Labute approximate surface area is 139 Å². The predicted molar refractivity (Wildman–Crippen MR) is 90.7 cm³/mol. The molecule has 6 heteroatoms. The van der Waals surface area contributed by atoms with Crippen molar-refractivity contribution in [3.8, 4) is 0 Å². The molecule has 0 heterocycles. The molecule has 0 aliphatic carbocycles. The minimum atomic E-state index is -3.61. The average Bonchev–Trinajstić information content (AvgIpc) is 2.49. The lowest BCUT2D eigenvalue weighted by Crippen LogP contribution is -2.38. The Kier molecular flexibility index (Phi) is 8.26. The van der Waals surface area contributed by atoms with Crippen LogP contribution in [-0.4, -0.2) is 27.0 Å². The number of benzene rings is 1. The summed E-state index contributed by atoms with van der Waals surface area (Å²) in [6, 6.07) is 6.28. The molecule has 130 valence electrons. The van der Waals surface area contributed by atoms with E-state index in [1.807, 2.05) is 6.92 Å². The molecule has 1 rings (SSSR count). The third-order valence-corrected chi connectivity index (χ3v) is 5.08. The van der Waals surface area contributed by atoms with E-state index < -0.39 is 22.0 Å². The smallest absolute Gasteiger partial charge is 0.302 e. The van der Waals surface area contributed by atoms with Gasteiger partial charge in [0.25, 0.3) is 0 Å². The largest absolute Gasteiger partial charge is 0.464 e. The first-order valence-electron chi connectivity index (χ1n) is 8.07. The Morgan fingerprint density at radius 2 is 1.83 bits per heavy atom. The molecule has 0 bridgehead atoms. The fourth-order valence-electron chi connectivity index (χ4n) is 2.22. The summed E-state index contributed by atoms with van der Waals surface area (Å²) in [5, 5.41) is 0. The molecular formula is C17H27NO4S. The molecule has 5 nitrogen and oxygen atoms in total. The average molecular weight is 341 g/mol. The van der Waals surface area contributed by atoms with Gasteiger partial charge < -0.3 is 4.74 Å². The summed E-state index contributed by atoms with van der Waals surface area (Å²) < 4.78 is 32.5. The third kappa shape index (κ3) is 7.61. The van der Waals surface area contributed by atoms with E-state index in [-0.39, 0.29) is 11.5 Å². The normalized spacial score (nSPS) is 12.8. The number of rotatable bonds is 10. The summed E-state index contributed by atoms with van der Waals surface area (Å²) in [6.45, 7) is 5.41. The molecule has 1 aromatic carbocycles. The van der Waals surface area contributed by atoms with Crippen LogP contribution in [-0.2, 0) is 19.6 Å². The number of unbranched alkanes of at least 4 members (excludes halogenated alkanes) is 3. The summed E-state index contributed by atoms with van der Waals surface area (Å²) in [7, 11) is -3.61. The van der Waals surface area contributed by atoms with Crippen molar-refractivity contribution >= 4 is 16.0 Å². The molecule has 0 aliphatic rings. The molecular weight excluding hydrogens is 314 g/mol. The second kappa shape index (κ2) is 9.67. The van der Waals surface area contributed by atoms with Crippen molar-refractivity contribution < 1.29 is 17.9 Å². The van der Waals surface area contributed by atoms with Gasteiger partial charge in [-0.25, -0.2) is 13.1 Å². The fraction of sp³-hybridized carbons (Fsp3) is 0.588. The first kappa shape index (κ1) is 19.6. The molecule has 23 heavy (non-hydrogen) atoms. The molecule has 0 aliphatic heterocycles. The highest BCUT2D eigenvalue weighted by Gasteiger charge is 2.20.